The SMILES string of the molecule is COc1ncc2cc3ccccc3nc2c1C#N. The minimum atomic E-state index is 0.313. The molecule has 0 aliphatic carbocycles. The van der Waals surface area contributed by atoms with E-state index in [1.54, 1.807) is 6.20 Å². The molecule has 18 heavy (non-hydrogen) atoms. The molecule has 0 spiro atoms. The summed E-state index contributed by atoms with van der Waals surface area (Å²) in [6, 6.07) is 11.9. The lowest BCUT2D eigenvalue weighted by Gasteiger charge is -2.05. The zero-order chi connectivity index (χ0) is 12.5. The Labute approximate surface area is 103 Å². The summed E-state index contributed by atoms with van der Waals surface area (Å²) in [5.41, 5.74) is 1.86. The van der Waals surface area contributed by atoms with Gasteiger partial charge < -0.3 is 4.74 Å². The van der Waals surface area contributed by atoms with Crippen LogP contribution in [0, 0.1) is 11.3 Å². The molecule has 4 heteroatoms. The van der Waals surface area contributed by atoms with E-state index in [0.717, 1.165) is 16.3 Å². The Kier molecular flexibility index (Phi) is 2.31. The van der Waals surface area contributed by atoms with Crippen LogP contribution < -0.4 is 4.74 Å². The molecule has 0 saturated heterocycles. The van der Waals surface area contributed by atoms with Crippen LogP contribution in [-0.2, 0) is 0 Å². The number of pyridine rings is 2. The van der Waals surface area contributed by atoms with E-state index in [2.05, 4.69) is 16.0 Å². The zero-order valence-electron chi connectivity index (χ0n) is 9.71. The van der Waals surface area contributed by atoms with E-state index in [-0.39, 0.29) is 0 Å². The predicted molar refractivity (Wildman–Crippen MR) is 68.3 cm³/mol. The topological polar surface area (TPSA) is 58.8 Å². The fourth-order valence-corrected chi connectivity index (χ4v) is 1.98. The number of para-hydroxylation sites is 1. The number of hydrogen-bond acceptors (Lipinski definition) is 4. The monoisotopic (exact) mass is 235 g/mol. The predicted octanol–water partition coefficient (Wildman–Crippen LogP) is 2.66. The van der Waals surface area contributed by atoms with E-state index in [1.807, 2.05) is 30.3 Å². The maximum atomic E-state index is 9.21. The van der Waals surface area contributed by atoms with Crippen molar-refractivity contribution in [1.29, 1.82) is 5.26 Å². The third kappa shape index (κ3) is 1.45. The minimum Gasteiger partial charge on any atom is -0.480 e. The first-order valence-electron chi connectivity index (χ1n) is 5.46. The molecule has 2 heterocycles. The molecule has 0 aliphatic rings. The molecule has 0 bridgehead atoms. The molecule has 0 fully saturated rings. The Morgan fingerprint density at radius 1 is 1.22 bits per heavy atom. The number of fused-ring (bicyclic) bond motifs is 2. The summed E-state index contributed by atoms with van der Waals surface area (Å²) in [4.78, 5) is 8.63. The first-order chi connectivity index (χ1) is 8.83. The third-order valence-corrected chi connectivity index (χ3v) is 2.83. The number of methoxy groups -OCH3 is 1. The second-order valence-corrected chi connectivity index (χ2v) is 3.87. The highest BCUT2D eigenvalue weighted by Gasteiger charge is 2.11. The molecule has 0 saturated carbocycles. The summed E-state index contributed by atoms with van der Waals surface area (Å²) in [6.45, 7) is 0. The molecule has 0 unspecified atom stereocenters. The molecular formula is C14H9N3O. The van der Waals surface area contributed by atoms with Crippen molar-refractivity contribution in [2.45, 2.75) is 0 Å². The average Bonchev–Trinajstić information content (AvgIpc) is 2.43. The van der Waals surface area contributed by atoms with Gasteiger partial charge in [0.05, 0.1) is 18.1 Å². The quantitative estimate of drug-likeness (QED) is 0.608. The first kappa shape index (κ1) is 10.5. The third-order valence-electron chi connectivity index (χ3n) is 2.83. The molecule has 4 nitrogen and oxygen atoms in total. The van der Waals surface area contributed by atoms with Gasteiger partial charge in [-0.25, -0.2) is 9.97 Å². The van der Waals surface area contributed by atoms with Crippen LogP contribution in [0.1, 0.15) is 5.56 Å². The van der Waals surface area contributed by atoms with Gasteiger partial charge in [0.1, 0.15) is 11.6 Å². The second-order valence-electron chi connectivity index (χ2n) is 3.87. The highest BCUT2D eigenvalue weighted by molar-refractivity contribution is 5.95. The van der Waals surface area contributed by atoms with Crippen molar-refractivity contribution in [2.75, 3.05) is 7.11 Å². The largest absolute Gasteiger partial charge is 0.480 e. The highest BCUT2D eigenvalue weighted by atomic mass is 16.5. The molecule has 2 aromatic heterocycles. The first-order valence-corrected chi connectivity index (χ1v) is 5.46. The Hall–Kier alpha value is -2.67. The number of benzene rings is 1. The van der Waals surface area contributed by atoms with Crippen molar-refractivity contribution in [3.8, 4) is 11.9 Å². The van der Waals surface area contributed by atoms with Gasteiger partial charge in [0.2, 0.25) is 5.88 Å². The van der Waals surface area contributed by atoms with E-state index in [0.29, 0.717) is 17.0 Å². The van der Waals surface area contributed by atoms with Crippen molar-refractivity contribution in [3.05, 3.63) is 42.1 Å². The van der Waals surface area contributed by atoms with Crippen LogP contribution in [0.25, 0.3) is 21.8 Å². The summed E-state index contributed by atoms with van der Waals surface area (Å²) >= 11 is 0. The summed E-state index contributed by atoms with van der Waals surface area (Å²) in [5, 5.41) is 11.1. The van der Waals surface area contributed by atoms with Gasteiger partial charge in [-0.15, -0.1) is 0 Å². The van der Waals surface area contributed by atoms with Crippen molar-refractivity contribution >= 4 is 21.8 Å². The van der Waals surface area contributed by atoms with Crippen LogP contribution in [0.5, 0.6) is 5.88 Å². The van der Waals surface area contributed by atoms with Gasteiger partial charge in [0, 0.05) is 17.0 Å². The van der Waals surface area contributed by atoms with Gasteiger partial charge in [-0.3, -0.25) is 0 Å². The van der Waals surface area contributed by atoms with E-state index >= 15 is 0 Å². The van der Waals surface area contributed by atoms with Crippen LogP contribution in [0.2, 0.25) is 0 Å². The maximum absolute atomic E-state index is 9.21. The number of nitriles is 1. The van der Waals surface area contributed by atoms with Crippen molar-refractivity contribution < 1.29 is 4.74 Å². The van der Waals surface area contributed by atoms with E-state index in [1.165, 1.54) is 7.11 Å². The Balaban J connectivity index is 2.47. The van der Waals surface area contributed by atoms with Gasteiger partial charge in [-0.1, -0.05) is 18.2 Å². The molecule has 3 aromatic rings. The fourth-order valence-electron chi connectivity index (χ4n) is 1.98. The Bertz CT molecular complexity index is 790. The smallest absolute Gasteiger partial charge is 0.233 e. The molecule has 0 atom stereocenters. The second kappa shape index (κ2) is 3.97. The standard InChI is InChI=1S/C14H9N3O/c1-18-14-11(7-15)13-10(8-16-14)6-9-4-2-3-5-12(9)17-13/h2-6,8H,1H3. The van der Waals surface area contributed by atoms with Crippen molar-refractivity contribution in [1.82, 2.24) is 9.97 Å². The average molecular weight is 235 g/mol. The number of aromatic nitrogens is 2. The van der Waals surface area contributed by atoms with Crippen molar-refractivity contribution in [2.24, 2.45) is 0 Å². The lowest BCUT2D eigenvalue weighted by atomic mass is 10.1. The van der Waals surface area contributed by atoms with Gasteiger partial charge in [-0.05, 0) is 12.1 Å². The van der Waals surface area contributed by atoms with Crippen LogP contribution in [-0.4, -0.2) is 17.1 Å². The number of hydrogen-bond donors (Lipinski definition) is 0. The fraction of sp³-hybridized carbons (Fsp3) is 0.0714. The van der Waals surface area contributed by atoms with E-state index in [4.69, 9.17) is 4.74 Å². The molecule has 1 aromatic carbocycles. The number of nitrogens with zero attached hydrogens (tertiary/aromatic N) is 3. The molecule has 0 aliphatic heterocycles. The Morgan fingerprint density at radius 3 is 2.83 bits per heavy atom. The van der Waals surface area contributed by atoms with Crippen LogP contribution in [0.4, 0.5) is 0 Å². The number of ether oxygens (including phenoxy) is 1. The molecule has 86 valence electrons. The molecule has 3 rings (SSSR count). The zero-order valence-corrected chi connectivity index (χ0v) is 9.71. The van der Waals surface area contributed by atoms with E-state index in [9.17, 15) is 5.26 Å². The van der Waals surface area contributed by atoms with Gasteiger partial charge in [0.25, 0.3) is 0 Å². The van der Waals surface area contributed by atoms with Crippen LogP contribution >= 0.6 is 0 Å². The highest BCUT2D eigenvalue weighted by Crippen LogP contribution is 2.26. The molecule has 0 N–H and O–H groups in total. The van der Waals surface area contributed by atoms with Gasteiger partial charge in [-0.2, -0.15) is 5.26 Å². The summed E-state index contributed by atoms with van der Waals surface area (Å²) in [6.07, 6.45) is 1.68. The molecule has 0 radical (unpaired) electrons. The minimum absolute atomic E-state index is 0.313. The lowest BCUT2D eigenvalue weighted by Crippen LogP contribution is -1.95. The normalized spacial score (nSPS) is 10.4. The van der Waals surface area contributed by atoms with Gasteiger partial charge in [0.15, 0.2) is 0 Å². The summed E-state index contributed by atoms with van der Waals surface area (Å²) in [5.74, 6) is 0.313. The van der Waals surface area contributed by atoms with Gasteiger partial charge >= 0.3 is 0 Å². The summed E-state index contributed by atoms with van der Waals surface area (Å²) < 4.78 is 5.08. The van der Waals surface area contributed by atoms with Crippen LogP contribution in [0.15, 0.2) is 36.5 Å². The molecule has 0 amide bonds. The molecular weight excluding hydrogens is 226 g/mol. The van der Waals surface area contributed by atoms with E-state index < -0.39 is 0 Å². The van der Waals surface area contributed by atoms with Crippen LogP contribution in [0.3, 0.4) is 0 Å². The maximum Gasteiger partial charge on any atom is 0.233 e. The number of rotatable bonds is 1. The summed E-state index contributed by atoms with van der Waals surface area (Å²) in [7, 11) is 1.50. The Morgan fingerprint density at radius 2 is 2.06 bits per heavy atom. The lowest BCUT2D eigenvalue weighted by molar-refractivity contribution is 0.397. The van der Waals surface area contributed by atoms with Crippen molar-refractivity contribution in [3.63, 3.8) is 0 Å².